The normalized spacial score (nSPS) is 11.6. The molecule has 0 radical (unpaired) electrons. The summed E-state index contributed by atoms with van der Waals surface area (Å²) in [5.74, 6) is 1.04. The summed E-state index contributed by atoms with van der Waals surface area (Å²) < 4.78 is 10.4. The Morgan fingerprint density at radius 1 is 1.07 bits per heavy atom. The molecular formula is C20H21N5O3. The second-order valence-corrected chi connectivity index (χ2v) is 6.08. The Morgan fingerprint density at radius 2 is 1.79 bits per heavy atom. The topological polar surface area (TPSA) is 90.3 Å². The highest BCUT2D eigenvalue weighted by atomic mass is 16.5. The lowest BCUT2D eigenvalue weighted by Crippen LogP contribution is -2.30. The summed E-state index contributed by atoms with van der Waals surface area (Å²) >= 11 is 0. The van der Waals surface area contributed by atoms with Crippen LogP contribution < -0.4 is 9.47 Å². The molecule has 1 unspecified atom stereocenters. The Kier molecular flexibility index (Phi) is 5.78. The molecule has 1 aromatic carbocycles. The van der Waals surface area contributed by atoms with Gasteiger partial charge in [-0.05, 0) is 25.1 Å². The van der Waals surface area contributed by atoms with Crippen molar-refractivity contribution < 1.29 is 14.3 Å². The zero-order valence-electron chi connectivity index (χ0n) is 16.2. The molecule has 0 bridgehead atoms. The fourth-order valence-corrected chi connectivity index (χ4v) is 2.66. The number of carbonyl (C=O) groups is 1. The van der Waals surface area contributed by atoms with Gasteiger partial charge in [0.25, 0.3) is 5.91 Å². The number of methoxy groups -OCH3 is 2. The molecule has 0 spiro atoms. The van der Waals surface area contributed by atoms with Gasteiger partial charge in [0, 0.05) is 24.4 Å². The number of benzene rings is 1. The number of hydrogen-bond acceptors (Lipinski definition) is 7. The Labute approximate surface area is 163 Å². The fraction of sp³-hybridized carbons (Fsp3) is 0.250. The third-order valence-electron chi connectivity index (χ3n) is 4.40. The van der Waals surface area contributed by atoms with Crippen molar-refractivity contribution in [1.29, 1.82) is 0 Å². The molecule has 0 saturated carbocycles. The van der Waals surface area contributed by atoms with Crippen LogP contribution in [0.1, 0.15) is 29.0 Å². The summed E-state index contributed by atoms with van der Waals surface area (Å²) in [4.78, 5) is 31.4. The second kappa shape index (κ2) is 8.43. The SMILES string of the molecule is COc1cc(OC)nc(-c2cccc(C(=O)N(C)C(C)c3ccncn3)c2)n1. The summed E-state index contributed by atoms with van der Waals surface area (Å²) in [6.45, 7) is 1.92. The van der Waals surface area contributed by atoms with Crippen molar-refractivity contribution in [2.24, 2.45) is 0 Å². The fourth-order valence-electron chi connectivity index (χ4n) is 2.66. The molecule has 3 aromatic rings. The summed E-state index contributed by atoms with van der Waals surface area (Å²) in [5, 5.41) is 0. The first kappa shape index (κ1) is 19.2. The van der Waals surface area contributed by atoms with Crippen molar-refractivity contribution in [1.82, 2.24) is 24.8 Å². The third-order valence-corrected chi connectivity index (χ3v) is 4.40. The van der Waals surface area contributed by atoms with Crippen LogP contribution in [0.3, 0.4) is 0 Å². The maximum Gasteiger partial charge on any atom is 0.254 e. The van der Waals surface area contributed by atoms with Crippen molar-refractivity contribution in [2.75, 3.05) is 21.3 Å². The van der Waals surface area contributed by atoms with E-state index in [-0.39, 0.29) is 11.9 Å². The van der Waals surface area contributed by atoms with Crippen LogP contribution in [0.25, 0.3) is 11.4 Å². The van der Waals surface area contributed by atoms with Gasteiger partial charge in [-0.25, -0.2) is 9.97 Å². The van der Waals surface area contributed by atoms with E-state index < -0.39 is 0 Å². The van der Waals surface area contributed by atoms with Crippen molar-refractivity contribution >= 4 is 5.91 Å². The summed E-state index contributed by atoms with van der Waals surface area (Å²) in [6, 6.07) is 10.3. The zero-order chi connectivity index (χ0) is 20.1. The number of nitrogens with zero attached hydrogens (tertiary/aromatic N) is 5. The van der Waals surface area contributed by atoms with Gasteiger partial charge < -0.3 is 14.4 Å². The smallest absolute Gasteiger partial charge is 0.254 e. The minimum absolute atomic E-state index is 0.136. The van der Waals surface area contributed by atoms with Crippen LogP contribution in [-0.4, -0.2) is 52.0 Å². The molecule has 0 aliphatic rings. The standard InChI is InChI=1S/C20H21N5O3/c1-13(16-8-9-21-12-22-16)25(2)20(26)15-7-5-6-14(10-15)19-23-17(27-3)11-18(24-19)28-4/h5-13H,1-4H3. The molecule has 2 heterocycles. The summed E-state index contributed by atoms with van der Waals surface area (Å²) in [7, 11) is 4.79. The Bertz CT molecular complexity index is 943. The molecule has 0 N–H and O–H groups in total. The monoisotopic (exact) mass is 379 g/mol. The van der Waals surface area contributed by atoms with Gasteiger partial charge in [-0.2, -0.15) is 9.97 Å². The first-order chi connectivity index (χ1) is 13.5. The highest BCUT2D eigenvalue weighted by Gasteiger charge is 2.20. The van der Waals surface area contributed by atoms with E-state index in [9.17, 15) is 4.79 Å². The molecule has 2 aromatic heterocycles. The van der Waals surface area contributed by atoms with E-state index in [0.29, 0.717) is 28.7 Å². The molecule has 1 amide bonds. The number of amides is 1. The molecule has 8 heteroatoms. The lowest BCUT2D eigenvalue weighted by atomic mass is 10.1. The van der Waals surface area contributed by atoms with Gasteiger partial charge in [-0.15, -0.1) is 0 Å². The van der Waals surface area contributed by atoms with Crippen molar-refractivity contribution in [3.8, 4) is 23.1 Å². The van der Waals surface area contributed by atoms with Gasteiger partial charge in [0.2, 0.25) is 11.8 Å². The van der Waals surface area contributed by atoms with Crippen LogP contribution >= 0.6 is 0 Å². The van der Waals surface area contributed by atoms with Crippen molar-refractivity contribution in [3.05, 3.63) is 60.2 Å². The molecule has 0 aliphatic heterocycles. The number of carbonyl (C=O) groups excluding carboxylic acids is 1. The van der Waals surface area contributed by atoms with Crippen LogP contribution in [0, 0.1) is 0 Å². The van der Waals surface area contributed by atoms with Gasteiger partial charge >= 0.3 is 0 Å². The lowest BCUT2D eigenvalue weighted by molar-refractivity contribution is 0.0739. The molecule has 1 atom stereocenters. The first-order valence-corrected chi connectivity index (χ1v) is 8.64. The maximum atomic E-state index is 13.0. The molecule has 0 saturated heterocycles. The lowest BCUT2D eigenvalue weighted by Gasteiger charge is -2.24. The van der Waals surface area contributed by atoms with E-state index in [1.165, 1.54) is 20.5 Å². The highest BCUT2D eigenvalue weighted by molar-refractivity contribution is 5.95. The van der Waals surface area contributed by atoms with E-state index in [0.717, 1.165) is 5.69 Å². The number of ether oxygens (including phenoxy) is 2. The van der Waals surface area contributed by atoms with Crippen LogP contribution in [0.2, 0.25) is 0 Å². The van der Waals surface area contributed by atoms with Crippen molar-refractivity contribution in [2.45, 2.75) is 13.0 Å². The van der Waals surface area contributed by atoms with E-state index >= 15 is 0 Å². The first-order valence-electron chi connectivity index (χ1n) is 8.64. The second-order valence-electron chi connectivity index (χ2n) is 6.08. The number of hydrogen-bond donors (Lipinski definition) is 0. The van der Waals surface area contributed by atoms with E-state index in [2.05, 4.69) is 19.9 Å². The van der Waals surface area contributed by atoms with Crippen LogP contribution in [0.5, 0.6) is 11.8 Å². The van der Waals surface area contributed by atoms with Gasteiger partial charge in [0.1, 0.15) is 6.33 Å². The Hall–Kier alpha value is -3.55. The minimum Gasteiger partial charge on any atom is -0.481 e. The van der Waals surface area contributed by atoms with E-state index in [1.54, 1.807) is 48.5 Å². The average molecular weight is 379 g/mol. The molecule has 144 valence electrons. The molecule has 8 nitrogen and oxygen atoms in total. The quantitative estimate of drug-likeness (QED) is 0.650. The van der Waals surface area contributed by atoms with Crippen molar-refractivity contribution in [3.63, 3.8) is 0 Å². The molecule has 0 aliphatic carbocycles. The highest BCUT2D eigenvalue weighted by Crippen LogP contribution is 2.25. The third kappa shape index (κ3) is 4.06. The molecule has 28 heavy (non-hydrogen) atoms. The number of rotatable bonds is 6. The van der Waals surface area contributed by atoms with Gasteiger partial charge in [0.15, 0.2) is 5.82 Å². The maximum absolute atomic E-state index is 13.0. The van der Waals surface area contributed by atoms with Crippen LogP contribution in [0.15, 0.2) is 48.9 Å². The van der Waals surface area contributed by atoms with Gasteiger partial charge in [0.05, 0.1) is 32.0 Å². The largest absolute Gasteiger partial charge is 0.481 e. The molecule has 0 fully saturated rings. The Morgan fingerprint density at radius 3 is 2.39 bits per heavy atom. The summed E-state index contributed by atoms with van der Waals surface area (Å²) in [5.41, 5.74) is 1.97. The van der Waals surface area contributed by atoms with Crippen LogP contribution in [-0.2, 0) is 0 Å². The number of aromatic nitrogens is 4. The zero-order valence-corrected chi connectivity index (χ0v) is 16.2. The summed E-state index contributed by atoms with van der Waals surface area (Å²) in [6.07, 6.45) is 3.13. The van der Waals surface area contributed by atoms with E-state index in [4.69, 9.17) is 9.47 Å². The predicted octanol–water partition coefficient (Wildman–Crippen LogP) is 2.78. The predicted molar refractivity (Wildman–Crippen MR) is 103 cm³/mol. The van der Waals surface area contributed by atoms with Crippen LogP contribution in [0.4, 0.5) is 0 Å². The molecular weight excluding hydrogens is 358 g/mol. The molecule has 3 rings (SSSR count). The van der Waals surface area contributed by atoms with Gasteiger partial charge in [-0.1, -0.05) is 12.1 Å². The minimum atomic E-state index is -0.202. The van der Waals surface area contributed by atoms with Gasteiger partial charge in [-0.3, -0.25) is 4.79 Å². The van der Waals surface area contributed by atoms with E-state index in [1.807, 2.05) is 13.0 Å². The Balaban J connectivity index is 1.90. The average Bonchev–Trinajstić information content (AvgIpc) is 2.77.